The van der Waals surface area contributed by atoms with Gasteiger partial charge in [-0.2, -0.15) is 0 Å². The lowest BCUT2D eigenvalue weighted by atomic mass is 10.9. The minimum atomic E-state index is -1.42. The number of alkyl halides is 1. The van der Waals surface area contributed by atoms with Crippen LogP contribution in [0.5, 0.6) is 0 Å². The van der Waals surface area contributed by atoms with E-state index in [1.54, 1.807) is 0 Å². The van der Waals surface area contributed by atoms with Crippen LogP contribution in [0.15, 0.2) is 0 Å². The molecule has 0 aliphatic carbocycles. The van der Waals surface area contributed by atoms with Gasteiger partial charge in [-0.25, -0.2) is 4.39 Å². The van der Waals surface area contributed by atoms with Gasteiger partial charge in [-0.3, -0.25) is 0 Å². The number of rotatable bonds is 3. The molecule has 0 spiro atoms. The molecule has 0 rings (SSSR count). The van der Waals surface area contributed by atoms with Crippen LogP contribution in [0.3, 0.4) is 0 Å². The first kappa shape index (κ1) is 8.11. The number of halogens is 1. The Morgan fingerprint density at radius 3 is 2.00 bits per heavy atom. The molecule has 0 atom stereocenters. The Kier molecular flexibility index (Phi) is 3.24. The summed E-state index contributed by atoms with van der Waals surface area (Å²) in [7, 11) is -1.42. The highest BCUT2D eigenvalue weighted by Crippen LogP contribution is 2.00. The maximum absolute atomic E-state index is 11.4. The van der Waals surface area contributed by atoms with E-state index in [1.165, 1.54) is 0 Å². The van der Waals surface area contributed by atoms with Crippen LogP contribution in [0, 0.1) is 0 Å². The standard InChI is InChI=1S/C5H13FOSi/c1-8(2,3)7-5-4-6/h4-5H2,1-3H3. The highest BCUT2D eigenvalue weighted by molar-refractivity contribution is 6.69. The predicted molar refractivity (Wildman–Crippen MR) is 35.3 cm³/mol. The molecule has 0 aliphatic heterocycles. The minimum absolute atomic E-state index is 0.274. The van der Waals surface area contributed by atoms with E-state index in [0.717, 1.165) is 0 Å². The third-order valence-corrected chi connectivity index (χ3v) is 1.68. The van der Waals surface area contributed by atoms with Crippen molar-refractivity contribution >= 4 is 8.32 Å². The van der Waals surface area contributed by atoms with Crippen molar-refractivity contribution in [2.45, 2.75) is 19.6 Å². The summed E-state index contributed by atoms with van der Waals surface area (Å²) >= 11 is 0. The van der Waals surface area contributed by atoms with Gasteiger partial charge in [0.05, 0.1) is 6.61 Å². The quantitative estimate of drug-likeness (QED) is 0.538. The molecule has 0 aliphatic rings. The lowest BCUT2D eigenvalue weighted by molar-refractivity contribution is 0.267. The summed E-state index contributed by atoms with van der Waals surface area (Å²) in [4.78, 5) is 0. The molecular formula is C5H13FOSi. The van der Waals surface area contributed by atoms with Crippen LogP contribution in [-0.4, -0.2) is 21.6 Å². The Hall–Kier alpha value is 0.107. The third kappa shape index (κ3) is 6.11. The summed E-state index contributed by atoms with van der Waals surface area (Å²) in [6.07, 6.45) is 0. The van der Waals surface area contributed by atoms with E-state index in [1.807, 2.05) is 19.6 Å². The number of hydrogen-bond acceptors (Lipinski definition) is 1. The Morgan fingerprint density at radius 1 is 1.38 bits per heavy atom. The van der Waals surface area contributed by atoms with Gasteiger partial charge in [0.15, 0.2) is 8.32 Å². The fraction of sp³-hybridized carbons (Fsp3) is 1.00. The van der Waals surface area contributed by atoms with Crippen molar-refractivity contribution in [2.24, 2.45) is 0 Å². The molecule has 0 bridgehead atoms. The molecule has 50 valence electrons. The van der Waals surface area contributed by atoms with Crippen LogP contribution in [0.1, 0.15) is 0 Å². The molecule has 1 nitrogen and oxygen atoms in total. The smallest absolute Gasteiger partial charge is 0.183 e. The third-order valence-electron chi connectivity index (χ3n) is 0.612. The predicted octanol–water partition coefficient (Wildman–Crippen LogP) is 1.81. The molecule has 0 radical (unpaired) electrons. The van der Waals surface area contributed by atoms with Crippen molar-refractivity contribution in [1.82, 2.24) is 0 Å². The van der Waals surface area contributed by atoms with E-state index < -0.39 is 8.32 Å². The Labute approximate surface area is 51.0 Å². The molecule has 0 aromatic heterocycles. The first-order valence-corrected chi connectivity index (χ1v) is 6.17. The van der Waals surface area contributed by atoms with Crippen LogP contribution in [-0.2, 0) is 4.43 Å². The Morgan fingerprint density at radius 2 is 1.88 bits per heavy atom. The maximum Gasteiger partial charge on any atom is 0.183 e. The average Bonchev–Trinajstić information content (AvgIpc) is 1.59. The van der Waals surface area contributed by atoms with Crippen molar-refractivity contribution in [3.63, 3.8) is 0 Å². The molecule has 0 unspecified atom stereocenters. The second-order valence-electron chi connectivity index (χ2n) is 2.65. The molecule has 0 heterocycles. The fourth-order valence-electron chi connectivity index (χ4n) is 0.345. The zero-order chi connectivity index (χ0) is 6.62. The molecule has 8 heavy (non-hydrogen) atoms. The summed E-state index contributed by atoms with van der Waals surface area (Å²) in [6, 6.07) is 0. The summed E-state index contributed by atoms with van der Waals surface area (Å²) < 4.78 is 16.6. The van der Waals surface area contributed by atoms with E-state index in [-0.39, 0.29) is 13.3 Å². The highest BCUT2D eigenvalue weighted by atomic mass is 28.4. The zero-order valence-corrected chi connectivity index (χ0v) is 6.70. The lowest BCUT2D eigenvalue weighted by Crippen LogP contribution is -2.26. The van der Waals surface area contributed by atoms with E-state index in [4.69, 9.17) is 4.43 Å². The van der Waals surface area contributed by atoms with E-state index >= 15 is 0 Å². The van der Waals surface area contributed by atoms with Gasteiger partial charge in [-0.1, -0.05) is 0 Å². The first-order chi connectivity index (χ1) is 3.56. The molecular weight excluding hydrogens is 123 g/mol. The Bertz CT molecular complexity index is 59.9. The van der Waals surface area contributed by atoms with Gasteiger partial charge in [0.1, 0.15) is 6.67 Å². The molecule has 0 aromatic rings. The normalized spacial score (nSPS) is 12.0. The van der Waals surface area contributed by atoms with Crippen LogP contribution >= 0.6 is 0 Å². The number of hydrogen-bond donors (Lipinski definition) is 0. The second-order valence-corrected chi connectivity index (χ2v) is 7.16. The van der Waals surface area contributed by atoms with Gasteiger partial charge in [-0.15, -0.1) is 0 Å². The average molecular weight is 136 g/mol. The van der Waals surface area contributed by atoms with Gasteiger partial charge in [0, 0.05) is 0 Å². The van der Waals surface area contributed by atoms with Gasteiger partial charge in [0.2, 0.25) is 0 Å². The lowest BCUT2D eigenvalue weighted by Gasteiger charge is -2.14. The molecule has 0 amide bonds. The van der Waals surface area contributed by atoms with Crippen molar-refractivity contribution in [2.75, 3.05) is 13.3 Å². The second kappa shape index (κ2) is 3.20. The van der Waals surface area contributed by atoms with Crippen LogP contribution < -0.4 is 0 Å². The van der Waals surface area contributed by atoms with Gasteiger partial charge in [0.25, 0.3) is 0 Å². The minimum Gasteiger partial charge on any atom is -0.415 e. The zero-order valence-electron chi connectivity index (χ0n) is 5.70. The van der Waals surface area contributed by atoms with Crippen molar-refractivity contribution in [1.29, 1.82) is 0 Å². The molecule has 0 aromatic carbocycles. The SMILES string of the molecule is C[Si](C)(C)OCCF. The molecule has 0 saturated heterocycles. The summed E-state index contributed by atoms with van der Waals surface area (Å²) in [6.45, 7) is 6.05. The largest absolute Gasteiger partial charge is 0.415 e. The van der Waals surface area contributed by atoms with Crippen molar-refractivity contribution in [3.8, 4) is 0 Å². The van der Waals surface area contributed by atoms with Crippen LogP contribution in [0.2, 0.25) is 19.6 Å². The molecule has 0 fully saturated rings. The summed E-state index contributed by atoms with van der Waals surface area (Å²) in [5, 5.41) is 0. The van der Waals surface area contributed by atoms with Gasteiger partial charge >= 0.3 is 0 Å². The molecule has 0 saturated carbocycles. The van der Waals surface area contributed by atoms with Gasteiger partial charge in [-0.05, 0) is 19.6 Å². The van der Waals surface area contributed by atoms with Gasteiger partial charge < -0.3 is 4.43 Å². The summed E-state index contributed by atoms with van der Waals surface area (Å²) in [5.74, 6) is 0. The first-order valence-electron chi connectivity index (χ1n) is 2.76. The van der Waals surface area contributed by atoms with E-state index in [9.17, 15) is 4.39 Å². The van der Waals surface area contributed by atoms with Crippen molar-refractivity contribution in [3.05, 3.63) is 0 Å². The van der Waals surface area contributed by atoms with Crippen molar-refractivity contribution < 1.29 is 8.82 Å². The van der Waals surface area contributed by atoms with E-state index in [0.29, 0.717) is 0 Å². The summed E-state index contributed by atoms with van der Waals surface area (Å²) in [5.41, 5.74) is 0. The fourth-order valence-corrected chi connectivity index (χ4v) is 1.03. The maximum atomic E-state index is 11.4. The molecule has 3 heteroatoms. The van der Waals surface area contributed by atoms with E-state index in [2.05, 4.69) is 0 Å². The topological polar surface area (TPSA) is 9.23 Å². The monoisotopic (exact) mass is 136 g/mol. The van der Waals surface area contributed by atoms with Crippen LogP contribution in [0.25, 0.3) is 0 Å². The Balaban J connectivity index is 3.11. The molecule has 0 N–H and O–H groups in total. The van der Waals surface area contributed by atoms with Crippen LogP contribution in [0.4, 0.5) is 4.39 Å². The highest BCUT2D eigenvalue weighted by Gasteiger charge is 2.12.